The molecule has 2 heterocycles. The van der Waals surface area contributed by atoms with Gasteiger partial charge in [-0.05, 0) is 37.4 Å². The van der Waals surface area contributed by atoms with Crippen molar-refractivity contribution < 1.29 is 0 Å². The van der Waals surface area contributed by atoms with Crippen molar-refractivity contribution in [2.24, 2.45) is 0 Å². The van der Waals surface area contributed by atoms with Crippen molar-refractivity contribution >= 4 is 23.4 Å². The molecule has 2 aliphatic rings. The van der Waals surface area contributed by atoms with E-state index >= 15 is 0 Å². The van der Waals surface area contributed by atoms with Crippen LogP contribution in [-0.4, -0.2) is 24.7 Å². The summed E-state index contributed by atoms with van der Waals surface area (Å²) < 4.78 is 2.30. The molecule has 0 saturated heterocycles. The summed E-state index contributed by atoms with van der Waals surface area (Å²) in [7, 11) is 0. The molecule has 0 atom stereocenters. The SMILES string of the molecule is Clc1cc(Sc2nnc(C3CC3)n2C2CC2)ncn1. The highest BCUT2D eigenvalue weighted by atomic mass is 35.5. The normalized spacial score (nSPS) is 18.8. The summed E-state index contributed by atoms with van der Waals surface area (Å²) in [5.41, 5.74) is 0. The van der Waals surface area contributed by atoms with Gasteiger partial charge < -0.3 is 4.57 Å². The van der Waals surface area contributed by atoms with E-state index in [0.29, 0.717) is 17.1 Å². The average molecular weight is 294 g/mol. The Bertz CT molecular complexity index is 620. The standard InChI is InChI=1S/C12H12ClN5S/c13-9-5-10(15-6-14-9)19-12-17-16-11(7-1-2-7)18(12)8-3-4-8/h5-8H,1-4H2. The van der Waals surface area contributed by atoms with Gasteiger partial charge in [0, 0.05) is 18.0 Å². The molecule has 0 aromatic carbocycles. The molecule has 2 aliphatic carbocycles. The Morgan fingerprint density at radius 3 is 2.68 bits per heavy atom. The first-order valence-corrected chi connectivity index (χ1v) is 7.61. The minimum atomic E-state index is 0.456. The molecule has 0 bridgehead atoms. The molecule has 0 unspecified atom stereocenters. The first kappa shape index (κ1) is 11.7. The van der Waals surface area contributed by atoms with Gasteiger partial charge in [0.1, 0.15) is 22.3 Å². The van der Waals surface area contributed by atoms with Crippen LogP contribution >= 0.6 is 23.4 Å². The molecule has 98 valence electrons. The Labute approximate surface area is 119 Å². The lowest BCUT2D eigenvalue weighted by atomic mass is 10.4. The van der Waals surface area contributed by atoms with Gasteiger partial charge in [0.05, 0.1) is 0 Å². The van der Waals surface area contributed by atoms with Crippen LogP contribution in [0.2, 0.25) is 5.15 Å². The Hall–Kier alpha value is -1.14. The molecular formula is C12H12ClN5S. The Morgan fingerprint density at radius 2 is 2.00 bits per heavy atom. The second kappa shape index (κ2) is 4.45. The zero-order valence-corrected chi connectivity index (χ0v) is 11.7. The van der Waals surface area contributed by atoms with Crippen molar-refractivity contribution in [2.75, 3.05) is 0 Å². The lowest BCUT2D eigenvalue weighted by Gasteiger charge is -2.07. The van der Waals surface area contributed by atoms with Crippen LogP contribution in [0.25, 0.3) is 0 Å². The highest BCUT2D eigenvalue weighted by Gasteiger charge is 2.36. The van der Waals surface area contributed by atoms with Crippen LogP contribution in [0.4, 0.5) is 0 Å². The smallest absolute Gasteiger partial charge is 0.197 e. The van der Waals surface area contributed by atoms with Crippen molar-refractivity contribution in [3.05, 3.63) is 23.4 Å². The van der Waals surface area contributed by atoms with E-state index in [9.17, 15) is 0 Å². The average Bonchev–Trinajstić information content (AvgIpc) is 3.30. The third-order valence-electron chi connectivity index (χ3n) is 3.35. The second-order valence-corrected chi connectivity index (χ2v) is 6.37. The largest absolute Gasteiger partial charge is 0.302 e. The predicted octanol–water partition coefficient (Wildman–Crippen LogP) is 3.09. The van der Waals surface area contributed by atoms with Gasteiger partial charge in [0.15, 0.2) is 5.16 Å². The van der Waals surface area contributed by atoms with Crippen LogP contribution < -0.4 is 0 Å². The molecule has 4 rings (SSSR count). The van der Waals surface area contributed by atoms with E-state index in [1.54, 1.807) is 6.07 Å². The van der Waals surface area contributed by atoms with E-state index in [-0.39, 0.29) is 0 Å². The molecule has 0 aliphatic heterocycles. The van der Waals surface area contributed by atoms with Crippen molar-refractivity contribution in [1.29, 1.82) is 0 Å². The monoisotopic (exact) mass is 293 g/mol. The third-order valence-corrected chi connectivity index (χ3v) is 4.45. The van der Waals surface area contributed by atoms with E-state index in [1.165, 1.54) is 43.8 Å². The third kappa shape index (κ3) is 2.34. The molecule has 2 aromatic rings. The summed E-state index contributed by atoms with van der Waals surface area (Å²) in [4.78, 5) is 8.10. The summed E-state index contributed by atoms with van der Waals surface area (Å²) in [6, 6.07) is 2.35. The highest BCUT2D eigenvalue weighted by molar-refractivity contribution is 7.99. The van der Waals surface area contributed by atoms with E-state index in [0.717, 1.165) is 16.0 Å². The van der Waals surface area contributed by atoms with Crippen LogP contribution in [0.5, 0.6) is 0 Å². The predicted molar refractivity (Wildman–Crippen MR) is 71.4 cm³/mol. The zero-order chi connectivity index (χ0) is 12.8. The van der Waals surface area contributed by atoms with Crippen molar-refractivity contribution in [2.45, 2.75) is 47.8 Å². The number of hydrogen-bond acceptors (Lipinski definition) is 5. The van der Waals surface area contributed by atoms with E-state index < -0.39 is 0 Å². The number of aromatic nitrogens is 5. The van der Waals surface area contributed by atoms with Crippen molar-refractivity contribution in [3.8, 4) is 0 Å². The van der Waals surface area contributed by atoms with Gasteiger partial charge in [-0.2, -0.15) is 0 Å². The summed E-state index contributed by atoms with van der Waals surface area (Å²) in [6.45, 7) is 0. The Morgan fingerprint density at radius 1 is 1.16 bits per heavy atom. The van der Waals surface area contributed by atoms with Crippen LogP contribution in [0.15, 0.2) is 22.6 Å². The number of nitrogens with zero attached hydrogens (tertiary/aromatic N) is 5. The molecule has 2 aromatic heterocycles. The quantitative estimate of drug-likeness (QED) is 0.811. The fourth-order valence-electron chi connectivity index (χ4n) is 2.12. The van der Waals surface area contributed by atoms with Crippen LogP contribution in [0, 0.1) is 0 Å². The fourth-order valence-corrected chi connectivity index (χ4v) is 3.21. The van der Waals surface area contributed by atoms with Gasteiger partial charge in [-0.3, -0.25) is 0 Å². The van der Waals surface area contributed by atoms with Gasteiger partial charge >= 0.3 is 0 Å². The maximum Gasteiger partial charge on any atom is 0.197 e. The van der Waals surface area contributed by atoms with E-state index in [4.69, 9.17) is 11.6 Å². The minimum absolute atomic E-state index is 0.456. The van der Waals surface area contributed by atoms with Gasteiger partial charge in [-0.25, -0.2) is 9.97 Å². The maximum atomic E-state index is 5.88. The molecule has 0 amide bonds. The number of hydrogen-bond donors (Lipinski definition) is 0. The van der Waals surface area contributed by atoms with E-state index in [1.807, 2.05) is 0 Å². The highest BCUT2D eigenvalue weighted by Crippen LogP contribution is 2.46. The maximum absolute atomic E-state index is 5.88. The summed E-state index contributed by atoms with van der Waals surface area (Å²) in [5.74, 6) is 1.78. The van der Waals surface area contributed by atoms with Crippen LogP contribution in [0.1, 0.15) is 43.5 Å². The molecule has 2 fully saturated rings. The first-order valence-electron chi connectivity index (χ1n) is 6.41. The van der Waals surface area contributed by atoms with Crippen molar-refractivity contribution in [3.63, 3.8) is 0 Å². The van der Waals surface area contributed by atoms with Gasteiger partial charge in [-0.1, -0.05) is 11.6 Å². The first-order chi connectivity index (χ1) is 9.31. The lowest BCUT2D eigenvalue weighted by molar-refractivity contribution is 0.626. The molecule has 0 radical (unpaired) electrons. The minimum Gasteiger partial charge on any atom is -0.302 e. The Kier molecular flexibility index (Phi) is 2.73. The lowest BCUT2D eigenvalue weighted by Crippen LogP contribution is -2.01. The zero-order valence-electron chi connectivity index (χ0n) is 10.2. The van der Waals surface area contributed by atoms with E-state index in [2.05, 4.69) is 24.7 Å². The summed E-state index contributed by atoms with van der Waals surface area (Å²) in [5, 5.41) is 10.9. The van der Waals surface area contributed by atoms with Crippen molar-refractivity contribution in [1.82, 2.24) is 24.7 Å². The molecule has 7 heteroatoms. The summed E-state index contributed by atoms with van der Waals surface area (Å²) in [6.07, 6.45) is 6.43. The number of rotatable bonds is 4. The molecule has 0 spiro atoms. The fraction of sp³-hybridized carbons (Fsp3) is 0.500. The molecule has 19 heavy (non-hydrogen) atoms. The second-order valence-electron chi connectivity index (χ2n) is 5.00. The van der Waals surface area contributed by atoms with Crippen LogP contribution in [-0.2, 0) is 0 Å². The van der Waals surface area contributed by atoms with Crippen LogP contribution in [0.3, 0.4) is 0 Å². The van der Waals surface area contributed by atoms with Gasteiger partial charge in [0.2, 0.25) is 0 Å². The molecule has 5 nitrogen and oxygen atoms in total. The Balaban J connectivity index is 1.67. The topological polar surface area (TPSA) is 56.5 Å². The number of halogens is 1. The molecule has 0 N–H and O–H groups in total. The molecular weight excluding hydrogens is 282 g/mol. The van der Waals surface area contributed by atoms with Gasteiger partial charge in [0.25, 0.3) is 0 Å². The summed E-state index contributed by atoms with van der Waals surface area (Å²) >= 11 is 7.40. The molecule has 2 saturated carbocycles. The van der Waals surface area contributed by atoms with Gasteiger partial charge in [-0.15, -0.1) is 10.2 Å².